The van der Waals surface area contributed by atoms with E-state index in [9.17, 15) is 9.59 Å². The van der Waals surface area contributed by atoms with E-state index in [0.717, 1.165) is 22.9 Å². The van der Waals surface area contributed by atoms with Gasteiger partial charge < -0.3 is 20.7 Å². The molecule has 116 valence electrons. The van der Waals surface area contributed by atoms with Gasteiger partial charge in [-0.25, -0.2) is 0 Å². The van der Waals surface area contributed by atoms with Gasteiger partial charge in [0.25, 0.3) is 5.91 Å². The smallest absolute Gasteiger partial charge is 0.320 e. The number of aliphatic carboxylic acids is 1. The minimum Gasteiger partial charge on any atom is -0.480 e. The normalized spacial score (nSPS) is 21.1. The van der Waals surface area contributed by atoms with Crippen LogP contribution in [0.4, 0.5) is 0 Å². The lowest BCUT2D eigenvalue weighted by Crippen LogP contribution is -2.36. The Morgan fingerprint density at radius 3 is 2.82 bits per heavy atom. The van der Waals surface area contributed by atoms with E-state index in [1.165, 1.54) is 0 Å². The summed E-state index contributed by atoms with van der Waals surface area (Å²) in [5.74, 6) is -1.05. The zero-order chi connectivity index (χ0) is 15.7. The molecule has 2 heterocycles. The number of aromatic amines is 1. The third-order valence-corrected chi connectivity index (χ3v) is 4.16. The van der Waals surface area contributed by atoms with Crippen LogP contribution < -0.4 is 10.6 Å². The number of carboxylic acids is 1. The van der Waals surface area contributed by atoms with Crippen molar-refractivity contribution in [1.82, 2.24) is 15.6 Å². The number of aromatic nitrogens is 1. The van der Waals surface area contributed by atoms with Crippen LogP contribution in [0.15, 0.2) is 24.3 Å². The van der Waals surface area contributed by atoms with Crippen LogP contribution in [-0.4, -0.2) is 40.6 Å². The lowest BCUT2D eigenvalue weighted by molar-refractivity contribution is -0.139. The van der Waals surface area contributed by atoms with E-state index >= 15 is 0 Å². The number of carbonyl (C=O) groups is 2. The zero-order valence-corrected chi connectivity index (χ0v) is 12.3. The third kappa shape index (κ3) is 2.57. The van der Waals surface area contributed by atoms with Crippen molar-refractivity contribution >= 4 is 22.8 Å². The number of rotatable bonds is 4. The maximum Gasteiger partial charge on any atom is 0.320 e. The molecule has 6 heteroatoms. The van der Waals surface area contributed by atoms with Crippen molar-refractivity contribution in [2.45, 2.75) is 31.8 Å². The van der Waals surface area contributed by atoms with Crippen molar-refractivity contribution < 1.29 is 14.7 Å². The maximum absolute atomic E-state index is 12.5. The zero-order valence-electron chi connectivity index (χ0n) is 12.3. The molecule has 0 spiro atoms. The second kappa shape index (κ2) is 5.81. The number of H-pyrrole nitrogens is 1. The molecule has 0 bridgehead atoms. The fourth-order valence-electron chi connectivity index (χ4n) is 3.05. The molecule has 1 amide bonds. The number of para-hydroxylation sites is 1. The molecular weight excluding hydrogens is 282 g/mol. The molecule has 0 saturated carbocycles. The summed E-state index contributed by atoms with van der Waals surface area (Å²) in [6.07, 6.45) is 1.16. The van der Waals surface area contributed by atoms with Gasteiger partial charge in [0.15, 0.2) is 0 Å². The highest BCUT2D eigenvalue weighted by molar-refractivity contribution is 6.01. The number of amides is 1. The van der Waals surface area contributed by atoms with Crippen LogP contribution in [-0.2, 0) is 11.2 Å². The number of nitrogens with one attached hydrogen (secondary N) is 3. The molecule has 0 aliphatic carbocycles. The molecule has 0 radical (unpaired) electrons. The molecule has 4 N–H and O–H groups in total. The average Bonchev–Trinajstić information content (AvgIpc) is 3.10. The Bertz CT molecular complexity index is 722. The molecular formula is C16H19N3O3. The van der Waals surface area contributed by atoms with Crippen LogP contribution in [0.1, 0.15) is 29.4 Å². The first kappa shape index (κ1) is 14.6. The van der Waals surface area contributed by atoms with Crippen molar-refractivity contribution in [3.05, 3.63) is 35.5 Å². The number of aryl methyl sites for hydroxylation is 1. The first-order valence-corrected chi connectivity index (χ1v) is 7.46. The molecule has 1 aliphatic rings. The molecule has 1 fully saturated rings. The van der Waals surface area contributed by atoms with E-state index in [2.05, 4.69) is 15.6 Å². The first-order chi connectivity index (χ1) is 10.6. The highest BCUT2D eigenvalue weighted by Crippen LogP contribution is 2.23. The van der Waals surface area contributed by atoms with E-state index in [0.29, 0.717) is 18.7 Å². The third-order valence-electron chi connectivity index (χ3n) is 4.16. The summed E-state index contributed by atoms with van der Waals surface area (Å²) in [4.78, 5) is 26.6. The summed E-state index contributed by atoms with van der Waals surface area (Å²) >= 11 is 0. The van der Waals surface area contributed by atoms with E-state index in [4.69, 9.17) is 5.11 Å². The standard InChI is InChI=1S/C16H19N3O3/c1-2-10-11-5-3-4-6-12(11)19-14(10)15(20)18-9-7-13(16(21)22)17-8-9/h3-6,9,13,17,19H,2,7-8H2,1H3,(H,18,20)(H,21,22)/t9-,13+/m1/s1. The second-order valence-corrected chi connectivity index (χ2v) is 5.58. The van der Waals surface area contributed by atoms with Gasteiger partial charge in [0, 0.05) is 23.5 Å². The van der Waals surface area contributed by atoms with E-state index in [-0.39, 0.29) is 11.9 Å². The lowest BCUT2D eigenvalue weighted by Gasteiger charge is -2.11. The second-order valence-electron chi connectivity index (χ2n) is 5.58. The predicted octanol–water partition coefficient (Wildman–Crippen LogP) is 1.28. The highest BCUT2D eigenvalue weighted by Gasteiger charge is 2.30. The summed E-state index contributed by atoms with van der Waals surface area (Å²) in [5.41, 5.74) is 2.51. The minimum absolute atomic E-state index is 0.162. The highest BCUT2D eigenvalue weighted by atomic mass is 16.4. The predicted molar refractivity (Wildman–Crippen MR) is 83.0 cm³/mol. The number of benzene rings is 1. The van der Waals surface area contributed by atoms with Crippen LogP contribution in [0, 0.1) is 0 Å². The summed E-state index contributed by atoms with van der Waals surface area (Å²) in [6, 6.07) is 7.08. The van der Waals surface area contributed by atoms with Gasteiger partial charge in [0.1, 0.15) is 11.7 Å². The largest absolute Gasteiger partial charge is 0.480 e. The van der Waals surface area contributed by atoms with Gasteiger partial charge in [0.05, 0.1) is 0 Å². The summed E-state index contributed by atoms with van der Waals surface area (Å²) in [5, 5.41) is 15.9. The van der Waals surface area contributed by atoms with Gasteiger partial charge in [-0.05, 0) is 24.5 Å². The van der Waals surface area contributed by atoms with Crippen LogP contribution in [0.5, 0.6) is 0 Å². The molecule has 6 nitrogen and oxygen atoms in total. The molecule has 22 heavy (non-hydrogen) atoms. The van der Waals surface area contributed by atoms with Crippen LogP contribution >= 0.6 is 0 Å². The monoisotopic (exact) mass is 301 g/mol. The first-order valence-electron chi connectivity index (χ1n) is 7.46. The average molecular weight is 301 g/mol. The number of carbonyl (C=O) groups excluding carboxylic acids is 1. The Morgan fingerprint density at radius 2 is 2.14 bits per heavy atom. The van der Waals surface area contributed by atoms with Gasteiger partial charge in [-0.2, -0.15) is 0 Å². The van der Waals surface area contributed by atoms with Crippen molar-refractivity contribution in [2.75, 3.05) is 6.54 Å². The molecule has 2 aromatic rings. The Labute approximate surface area is 127 Å². The molecule has 3 rings (SSSR count). The van der Waals surface area contributed by atoms with Gasteiger partial charge in [-0.3, -0.25) is 9.59 Å². The molecule has 1 aromatic heterocycles. The Hall–Kier alpha value is -2.34. The van der Waals surface area contributed by atoms with Crippen molar-refractivity contribution in [2.24, 2.45) is 0 Å². The van der Waals surface area contributed by atoms with E-state index in [1.54, 1.807) is 0 Å². The van der Waals surface area contributed by atoms with Crippen LogP contribution in [0.25, 0.3) is 10.9 Å². The number of fused-ring (bicyclic) bond motifs is 1. The quantitative estimate of drug-likeness (QED) is 0.684. The van der Waals surface area contributed by atoms with Crippen LogP contribution in [0.2, 0.25) is 0 Å². The summed E-state index contributed by atoms with van der Waals surface area (Å²) < 4.78 is 0. The molecule has 1 aromatic carbocycles. The number of hydrogen-bond donors (Lipinski definition) is 4. The Morgan fingerprint density at radius 1 is 1.36 bits per heavy atom. The molecule has 1 aliphatic heterocycles. The number of carboxylic acid groups (broad SMARTS) is 1. The van der Waals surface area contributed by atoms with E-state index in [1.807, 2.05) is 31.2 Å². The van der Waals surface area contributed by atoms with Crippen molar-refractivity contribution in [3.8, 4) is 0 Å². The van der Waals surface area contributed by atoms with Gasteiger partial charge in [0.2, 0.25) is 0 Å². The lowest BCUT2D eigenvalue weighted by atomic mass is 10.1. The van der Waals surface area contributed by atoms with Gasteiger partial charge in [-0.15, -0.1) is 0 Å². The molecule has 0 unspecified atom stereocenters. The van der Waals surface area contributed by atoms with Crippen molar-refractivity contribution in [3.63, 3.8) is 0 Å². The van der Waals surface area contributed by atoms with Gasteiger partial charge >= 0.3 is 5.97 Å². The van der Waals surface area contributed by atoms with Crippen molar-refractivity contribution in [1.29, 1.82) is 0 Å². The molecule has 1 saturated heterocycles. The topological polar surface area (TPSA) is 94.2 Å². The summed E-state index contributed by atoms with van der Waals surface area (Å²) in [7, 11) is 0. The van der Waals surface area contributed by atoms with E-state index < -0.39 is 12.0 Å². The number of hydrogen-bond acceptors (Lipinski definition) is 3. The Kier molecular flexibility index (Phi) is 3.85. The summed E-state index contributed by atoms with van der Waals surface area (Å²) in [6.45, 7) is 2.49. The van der Waals surface area contributed by atoms with Gasteiger partial charge in [-0.1, -0.05) is 25.1 Å². The minimum atomic E-state index is -0.878. The SMILES string of the molecule is CCc1c(C(=O)N[C@H]2CN[C@H](C(=O)O)C2)[nH]c2ccccc12. The molecule has 2 atom stereocenters. The fraction of sp³-hybridized carbons (Fsp3) is 0.375. The van der Waals surface area contributed by atoms with Crippen LogP contribution in [0.3, 0.4) is 0 Å². The maximum atomic E-state index is 12.5. The fourth-order valence-corrected chi connectivity index (χ4v) is 3.05. The Balaban J connectivity index is 1.79.